The lowest BCUT2D eigenvalue weighted by molar-refractivity contribution is -0.128. The summed E-state index contributed by atoms with van der Waals surface area (Å²) in [6.45, 7) is 6.35. The summed E-state index contributed by atoms with van der Waals surface area (Å²) in [5, 5.41) is 2.93. The van der Waals surface area contributed by atoms with Crippen LogP contribution in [0.25, 0.3) is 0 Å². The monoisotopic (exact) mass is 458 g/mol. The zero-order valence-electron chi connectivity index (χ0n) is 18.9. The van der Waals surface area contributed by atoms with Crippen LogP contribution in [0, 0.1) is 20.8 Å². The number of rotatable bonds is 6. The van der Waals surface area contributed by atoms with E-state index in [1.807, 2.05) is 75.4 Å². The van der Waals surface area contributed by atoms with E-state index in [-0.39, 0.29) is 18.2 Å². The molecule has 7 heteroatoms. The lowest BCUT2D eigenvalue weighted by Gasteiger charge is -2.16. The smallest absolute Gasteiger partial charge is 0.243 e. The van der Waals surface area contributed by atoms with E-state index in [1.54, 1.807) is 11.1 Å². The van der Waals surface area contributed by atoms with Crippen molar-refractivity contribution in [2.45, 2.75) is 39.0 Å². The van der Waals surface area contributed by atoms with Gasteiger partial charge in [-0.2, -0.15) is 0 Å². The molecule has 1 atom stereocenters. The molecule has 168 valence electrons. The molecule has 1 unspecified atom stereocenters. The number of pyridine rings is 1. The molecule has 2 amide bonds. The quantitative estimate of drug-likeness (QED) is 0.553. The van der Waals surface area contributed by atoms with Gasteiger partial charge in [-0.1, -0.05) is 41.6 Å². The summed E-state index contributed by atoms with van der Waals surface area (Å²) < 4.78 is 0. The SMILES string of the molecule is Cc1ccc(NC(=O)CC2SC(=Nc3cc(C)cc(C)c3)N(Cc3ccccn3)C2=O)cc1. The van der Waals surface area contributed by atoms with Gasteiger partial charge in [0.15, 0.2) is 5.17 Å². The first-order chi connectivity index (χ1) is 15.9. The number of aromatic nitrogens is 1. The number of aliphatic imine (C=N–C) groups is 1. The van der Waals surface area contributed by atoms with Crippen LogP contribution in [0.3, 0.4) is 0 Å². The molecule has 3 aromatic rings. The number of thioether (sulfide) groups is 1. The van der Waals surface area contributed by atoms with Gasteiger partial charge in [0.25, 0.3) is 0 Å². The van der Waals surface area contributed by atoms with Crippen LogP contribution in [0.15, 0.2) is 71.9 Å². The number of carbonyl (C=O) groups is 2. The zero-order valence-corrected chi connectivity index (χ0v) is 19.7. The second-order valence-corrected chi connectivity index (χ2v) is 9.38. The molecular weight excluding hydrogens is 432 g/mol. The summed E-state index contributed by atoms with van der Waals surface area (Å²) in [5.74, 6) is -0.331. The summed E-state index contributed by atoms with van der Waals surface area (Å²) in [4.78, 5) is 36.7. The summed E-state index contributed by atoms with van der Waals surface area (Å²) in [6, 6.07) is 19.3. The van der Waals surface area contributed by atoms with E-state index in [0.29, 0.717) is 11.7 Å². The molecule has 0 spiro atoms. The van der Waals surface area contributed by atoms with Crippen molar-refractivity contribution in [3.8, 4) is 0 Å². The lowest BCUT2D eigenvalue weighted by Crippen LogP contribution is -2.33. The second-order valence-electron chi connectivity index (χ2n) is 8.21. The molecule has 4 rings (SSSR count). The number of benzene rings is 2. The van der Waals surface area contributed by atoms with Crippen molar-refractivity contribution < 1.29 is 9.59 Å². The molecule has 0 radical (unpaired) electrons. The van der Waals surface area contributed by atoms with Crippen LogP contribution in [-0.2, 0) is 16.1 Å². The number of anilines is 1. The van der Waals surface area contributed by atoms with Gasteiger partial charge in [-0.05, 0) is 68.3 Å². The molecule has 6 nitrogen and oxygen atoms in total. The predicted molar refractivity (Wildman–Crippen MR) is 134 cm³/mol. The normalized spacial score (nSPS) is 16.9. The third-order valence-corrected chi connectivity index (χ3v) is 6.38. The fraction of sp³-hybridized carbons (Fsp3) is 0.231. The highest BCUT2D eigenvalue weighted by Gasteiger charge is 2.39. The molecule has 0 bridgehead atoms. The molecular formula is C26H26N4O2S. The third-order valence-electron chi connectivity index (χ3n) is 5.20. The molecule has 2 heterocycles. The average Bonchev–Trinajstić information content (AvgIpc) is 3.04. The van der Waals surface area contributed by atoms with Crippen molar-refractivity contribution in [3.05, 3.63) is 89.2 Å². The van der Waals surface area contributed by atoms with Crippen molar-refractivity contribution in [1.29, 1.82) is 0 Å². The van der Waals surface area contributed by atoms with Crippen LogP contribution in [0.1, 0.15) is 28.8 Å². The topological polar surface area (TPSA) is 74.7 Å². The Morgan fingerprint density at radius 2 is 1.76 bits per heavy atom. The maximum absolute atomic E-state index is 13.3. The molecule has 33 heavy (non-hydrogen) atoms. The van der Waals surface area contributed by atoms with E-state index in [0.717, 1.165) is 33.8 Å². The van der Waals surface area contributed by atoms with Crippen molar-refractivity contribution in [2.75, 3.05) is 5.32 Å². The van der Waals surface area contributed by atoms with Crippen molar-refractivity contribution in [1.82, 2.24) is 9.88 Å². The van der Waals surface area contributed by atoms with E-state index in [2.05, 4.69) is 16.4 Å². The van der Waals surface area contributed by atoms with E-state index >= 15 is 0 Å². The molecule has 1 aliphatic rings. The van der Waals surface area contributed by atoms with Crippen molar-refractivity contribution in [2.24, 2.45) is 4.99 Å². The summed E-state index contributed by atoms with van der Waals surface area (Å²) in [5.41, 5.74) is 5.60. The standard InChI is InChI=1S/C26H26N4O2S/c1-17-7-9-20(10-8-17)28-24(31)15-23-25(32)30(16-21-6-4-5-11-27-21)26(33-23)29-22-13-18(2)12-19(3)14-22/h4-14,23H,15-16H2,1-3H3,(H,28,31). The number of hydrogen-bond acceptors (Lipinski definition) is 5. The van der Waals surface area contributed by atoms with E-state index in [1.165, 1.54) is 11.8 Å². The fourth-order valence-electron chi connectivity index (χ4n) is 3.67. The number of nitrogens with zero attached hydrogens (tertiary/aromatic N) is 3. The van der Waals surface area contributed by atoms with Gasteiger partial charge in [0.05, 0.1) is 17.9 Å². The molecule has 1 aliphatic heterocycles. The minimum Gasteiger partial charge on any atom is -0.326 e. The lowest BCUT2D eigenvalue weighted by atomic mass is 10.1. The Labute approximate surface area is 198 Å². The number of carbonyl (C=O) groups excluding carboxylic acids is 2. The van der Waals surface area contributed by atoms with E-state index < -0.39 is 5.25 Å². The first-order valence-corrected chi connectivity index (χ1v) is 11.7. The number of aryl methyl sites for hydroxylation is 3. The van der Waals surface area contributed by atoms with Crippen LogP contribution in [0.4, 0.5) is 11.4 Å². The Balaban J connectivity index is 1.56. The van der Waals surface area contributed by atoms with Crippen LogP contribution < -0.4 is 5.32 Å². The summed E-state index contributed by atoms with van der Waals surface area (Å²) in [6.07, 6.45) is 1.78. The van der Waals surface area contributed by atoms with E-state index in [4.69, 9.17) is 4.99 Å². The Morgan fingerprint density at radius 1 is 1.03 bits per heavy atom. The first-order valence-electron chi connectivity index (χ1n) is 10.8. The van der Waals surface area contributed by atoms with Crippen LogP contribution >= 0.6 is 11.8 Å². The average molecular weight is 459 g/mol. The van der Waals surface area contributed by atoms with Gasteiger partial charge in [0, 0.05) is 18.3 Å². The van der Waals surface area contributed by atoms with Crippen LogP contribution in [-0.4, -0.2) is 32.1 Å². The number of nitrogens with one attached hydrogen (secondary N) is 1. The molecule has 2 aromatic carbocycles. The van der Waals surface area contributed by atoms with Gasteiger partial charge in [-0.15, -0.1) is 0 Å². The Hall–Kier alpha value is -3.45. The number of amidine groups is 1. The predicted octanol–water partition coefficient (Wildman–Crippen LogP) is 5.17. The number of amides is 2. The van der Waals surface area contributed by atoms with Gasteiger partial charge < -0.3 is 5.32 Å². The van der Waals surface area contributed by atoms with Gasteiger partial charge >= 0.3 is 0 Å². The molecule has 1 aromatic heterocycles. The van der Waals surface area contributed by atoms with Crippen molar-refractivity contribution in [3.63, 3.8) is 0 Å². The molecule has 0 aliphatic carbocycles. The van der Waals surface area contributed by atoms with Gasteiger partial charge in [-0.25, -0.2) is 4.99 Å². The minimum atomic E-state index is -0.538. The first kappa shape index (κ1) is 22.7. The fourth-order valence-corrected chi connectivity index (χ4v) is 4.82. The zero-order chi connectivity index (χ0) is 23.4. The maximum atomic E-state index is 13.3. The molecule has 1 fully saturated rings. The maximum Gasteiger partial charge on any atom is 0.243 e. The van der Waals surface area contributed by atoms with E-state index in [9.17, 15) is 9.59 Å². The van der Waals surface area contributed by atoms with Crippen LogP contribution in [0.5, 0.6) is 0 Å². The highest BCUT2D eigenvalue weighted by Crippen LogP contribution is 2.33. The Bertz CT molecular complexity index is 1170. The molecule has 0 saturated carbocycles. The minimum absolute atomic E-state index is 0.0714. The largest absolute Gasteiger partial charge is 0.326 e. The Kier molecular flexibility index (Phi) is 6.89. The van der Waals surface area contributed by atoms with Gasteiger partial charge in [0.2, 0.25) is 11.8 Å². The summed E-state index contributed by atoms with van der Waals surface area (Å²) >= 11 is 1.33. The number of hydrogen-bond donors (Lipinski definition) is 1. The van der Waals surface area contributed by atoms with Gasteiger partial charge in [-0.3, -0.25) is 19.5 Å². The highest BCUT2D eigenvalue weighted by atomic mass is 32.2. The second kappa shape index (κ2) is 10.0. The summed E-state index contributed by atoms with van der Waals surface area (Å²) in [7, 11) is 0. The third kappa shape index (κ3) is 5.87. The van der Waals surface area contributed by atoms with Crippen molar-refractivity contribution >= 4 is 40.1 Å². The van der Waals surface area contributed by atoms with Crippen LogP contribution in [0.2, 0.25) is 0 Å². The van der Waals surface area contributed by atoms with Gasteiger partial charge in [0.1, 0.15) is 5.25 Å². The Morgan fingerprint density at radius 3 is 2.42 bits per heavy atom. The molecule has 1 N–H and O–H groups in total. The molecule has 1 saturated heterocycles. The highest BCUT2D eigenvalue weighted by molar-refractivity contribution is 8.15.